The zero-order chi connectivity index (χ0) is 13.9. The van der Waals surface area contributed by atoms with E-state index in [0.29, 0.717) is 6.61 Å². The molecule has 2 heterocycles. The lowest BCUT2D eigenvalue weighted by molar-refractivity contribution is -0.220. The molecule has 0 unspecified atom stereocenters. The lowest BCUT2D eigenvalue weighted by Gasteiger charge is -2.42. The number of hydrogen-bond acceptors (Lipinski definition) is 5. The summed E-state index contributed by atoms with van der Waals surface area (Å²) in [5.41, 5.74) is -0.523. The fraction of sp³-hybridized carbons (Fsp3) is 0.846. The van der Waals surface area contributed by atoms with E-state index in [1.807, 2.05) is 6.92 Å². The zero-order valence-electron chi connectivity index (χ0n) is 11.6. The number of ether oxygens (including phenoxy) is 1. The van der Waals surface area contributed by atoms with Crippen molar-refractivity contribution in [2.45, 2.75) is 38.1 Å². The Morgan fingerprint density at radius 2 is 2.16 bits per heavy atom. The van der Waals surface area contributed by atoms with Crippen molar-refractivity contribution in [2.75, 3.05) is 26.8 Å². The molecule has 19 heavy (non-hydrogen) atoms. The van der Waals surface area contributed by atoms with Crippen molar-refractivity contribution in [3.05, 3.63) is 0 Å². The van der Waals surface area contributed by atoms with Crippen molar-refractivity contribution >= 4 is 11.9 Å². The third-order valence-corrected chi connectivity index (χ3v) is 4.04. The Bertz CT molecular complexity index is 353. The first-order chi connectivity index (χ1) is 9.15. The molecule has 1 N–H and O–H groups in total. The zero-order valence-corrected chi connectivity index (χ0v) is 11.6. The molecule has 0 aliphatic carbocycles. The van der Waals surface area contributed by atoms with Gasteiger partial charge in [0.1, 0.15) is 0 Å². The molecule has 0 saturated carbocycles. The molecule has 0 aromatic heterocycles. The van der Waals surface area contributed by atoms with Crippen molar-refractivity contribution in [1.82, 2.24) is 10.4 Å². The Morgan fingerprint density at radius 3 is 2.74 bits per heavy atom. The van der Waals surface area contributed by atoms with Gasteiger partial charge in [0.2, 0.25) is 5.91 Å². The molecule has 1 spiro atoms. The number of piperidine rings is 1. The molecule has 6 nitrogen and oxygen atoms in total. The summed E-state index contributed by atoms with van der Waals surface area (Å²) in [5.74, 6) is -0.826. The Hall–Kier alpha value is -1.14. The monoisotopic (exact) mass is 270 g/mol. The van der Waals surface area contributed by atoms with Crippen LogP contribution in [-0.4, -0.2) is 49.3 Å². The predicted octanol–water partition coefficient (Wildman–Crippen LogP) is 0.472. The standard InChI is InChI=1S/C13H22N2O4/c1-3-8-19-15-11(16)9-10(12(17)18-2)13(15)4-6-14-7-5-13/h10,14H,3-9H2,1-2H3/t10-/m1/s1. The summed E-state index contributed by atoms with van der Waals surface area (Å²) in [4.78, 5) is 29.8. The van der Waals surface area contributed by atoms with Gasteiger partial charge in [-0.25, -0.2) is 5.06 Å². The second kappa shape index (κ2) is 5.88. The number of carbonyl (C=O) groups excluding carboxylic acids is 2. The number of amides is 1. The van der Waals surface area contributed by atoms with E-state index in [0.717, 1.165) is 32.4 Å². The molecule has 6 heteroatoms. The van der Waals surface area contributed by atoms with E-state index in [1.165, 1.54) is 12.2 Å². The highest BCUT2D eigenvalue weighted by molar-refractivity contribution is 5.88. The molecular weight excluding hydrogens is 248 g/mol. The molecule has 2 rings (SSSR count). The second-order valence-corrected chi connectivity index (χ2v) is 5.15. The van der Waals surface area contributed by atoms with Gasteiger partial charge >= 0.3 is 5.97 Å². The van der Waals surface area contributed by atoms with Gasteiger partial charge in [-0.05, 0) is 32.4 Å². The van der Waals surface area contributed by atoms with Crippen molar-refractivity contribution < 1.29 is 19.2 Å². The van der Waals surface area contributed by atoms with Gasteiger partial charge in [-0.2, -0.15) is 0 Å². The highest BCUT2D eigenvalue weighted by Gasteiger charge is 2.57. The van der Waals surface area contributed by atoms with E-state index in [4.69, 9.17) is 9.57 Å². The topological polar surface area (TPSA) is 67.9 Å². The molecule has 2 aliphatic rings. The molecule has 2 fully saturated rings. The van der Waals surface area contributed by atoms with Crippen LogP contribution >= 0.6 is 0 Å². The van der Waals surface area contributed by atoms with Crippen molar-refractivity contribution in [1.29, 1.82) is 0 Å². The van der Waals surface area contributed by atoms with Gasteiger partial charge in [0.25, 0.3) is 0 Å². The fourth-order valence-electron chi connectivity index (χ4n) is 3.08. The number of hydroxylamine groups is 2. The fourth-order valence-corrected chi connectivity index (χ4v) is 3.08. The van der Waals surface area contributed by atoms with Crippen LogP contribution in [0.3, 0.4) is 0 Å². The van der Waals surface area contributed by atoms with Crippen LogP contribution in [0.2, 0.25) is 0 Å². The summed E-state index contributed by atoms with van der Waals surface area (Å²) in [6.45, 7) is 4.06. The molecule has 0 aromatic rings. The number of hydrogen-bond donors (Lipinski definition) is 1. The van der Waals surface area contributed by atoms with Gasteiger partial charge in [0.15, 0.2) is 0 Å². The van der Waals surface area contributed by atoms with E-state index in [-0.39, 0.29) is 18.3 Å². The highest BCUT2D eigenvalue weighted by atomic mass is 16.7. The van der Waals surface area contributed by atoms with E-state index >= 15 is 0 Å². The summed E-state index contributed by atoms with van der Waals surface area (Å²) in [6.07, 6.45) is 2.47. The summed E-state index contributed by atoms with van der Waals surface area (Å²) in [6, 6.07) is 0. The Balaban J connectivity index is 2.25. The minimum Gasteiger partial charge on any atom is -0.469 e. The number of carbonyl (C=O) groups is 2. The SMILES string of the molecule is CCCON1C(=O)C[C@H](C(=O)OC)C12CCNCC2. The van der Waals surface area contributed by atoms with E-state index in [2.05, 4.69) is 5.32 Å². The number of rotatable bonds is 4. The van der Waals surface area contributed by atoms with Crippen LogP contribution in [0, 0.1) is 5.92 Å². The first-order valence-corrected chi connectivity index (χ1v) is 6.90. The smallest absolute Gasteiger partial charge is 0.311 e. The largest absolute Gasteiger partial charge is 0.469 e. The van der Waals surface area contributed by atoms with Gasteiger partial charge in [-0.15, -0.1) is 0 Å². The van der Waals surface area contributed by atoms with Crippen LogP contribution in [0.15, 0.2) is 0 Å². The first-order valence-electron chi connectivity index (χ1n) is 6.90. The molecule has 0 bridgehead atoms. The van der Waals surface area contributed by atoms with Crippen molar-refractivity contribution in [2.24, 2.45) is 5.92 Å². The van der Waals surface area contributed by atoms with E-state index in [9.17, 15) is 9.59 Å². The average Bonchev–Trinajstić information content (AvgIpc) is 2.69. The van der Waals surface area contributed by atoms with Crippen molar-refractivity contribution in [3.8, 4) is 0 Å². The molecular formula is C13H22N2O4. The van der Waals surface area contributed by atoms with Crippen LogP contribution in [0.4, 0.5) is 0 Å². The van der Waals surface area contributed by atoms with Crippen LogP contribution in [0.5, 0.6) is 0 Å². The first kappa shape index (κ1) is 14.3. The quantitative estimate of drug-likeness (QED) is 0.752. The minimum absolute atomic E-state index is 0.106. The Morgan fingerprint density at radius 1 is 1.47 bits per heavy atom. The van der Waals surface area contributed by atoms with Gasteiger partial charge in [-0.1, -0.05) is 6.92 Å². The normalized spacial score (nSPS) is 25.9. The van der Waals surface area contributed by atoms with Crippen LogP contribution in [0.1, 0.15) is 32.6 Å². The lowest BCUT2D eigenvalue weighted by Crippen LogP contribution is -2.56. The molecule has 1 atom stereocenters. The third-order valence-electron chi connectivity index (χ3n) is 4.04. The van der Waals surface area contributed by atoms with E-state index in [1.54, 1.807) is 0 Å². The van der Waals surface area contributed by atoms with Gasteiger partial charge in [-0.3, -0.25) is 14.4 Å². The Kier molecular flexibility index (Phi) is 4.42. The maximum Gasteiger partial charge on any atom is 0.311 e. The maximum absolute atomic E-state index is 12.2. The van der Waals surface area contributed by atoms with Gasteiger partial charge in [0, 0.05) is 6.42 Å². The second-order valence-electron chi connectivity index (χ2n) is 5.15. The minimum atomic E-state index is -0.523. The predicted molar refractivity (Wildman–Crippen MR) is 68.0 cm³/mol. The molecule has 2 aliphatic heterocycles. The molecule has 1 amide bonds. The third kappa shape index (κ3) is 2.47. The number of nitrogens with zero attached hydrogens (tertiary/aromatic N) is 1. The maximum atomic E-state index is 12.2. The van der Waals surface area contributed by atoms with Gasteiger partial charge in [0.05, 0.1) is 25.2 Å². The number of esters is 1. The molecule has 108 valence electrons. The Labute approximate surface area is 113 Å². The molecule has 2 saturated heterocycles. The summed E-state index contributed by atoms with van der Waals surface area (Å²) < 4.78 is 4.87. The van der Waals surface area contributed by atoms with Crippen LogP contribution in [0.25, 0.3) is 0 Å². The summed E-state index contributed by atoms with van der Waals surface area (Å²) in [5, 5.41) is 4.73. The number of methoxy groups -OCH3 is 1. The van der Waals surface area contributed by atoms with Crippen LogP contribution < -0.4 is 5.32 Å². The highest BCUT2D eigenvalue weighted by Crippen LogP contribution is 2.43. The summed E-state index contributed by atoms with van der Waals surface area (Å²) in [7, 11) is 1.37. The molecule has 0 radical (unpaired) electrons. The van der Waals surface area contributed by atoms with Gasteiger partial charge < -0.3 is 10.1 Å². The lowest BCUT2D eigenvalue weighted by atomic mass is 9.78. The molecule has 0 aromatic carbocycles. The summed E-state index contributed by atoms with van der Waals surface area (Å²) >= 11 is 0. The van der Waals surface area contributed by atoms with E-state index < -0.39 is 11.5 Å². The number of nitrogens with one attached hydrogen (secondary N) is 1. The van der Waals surface area contributed by atoms with Crippen molar-refractivity contribution in [3.63, 3.8) is 0 Å². The van der Waals surface area contributed by atoms with Crippen LogP contribution in [-0.2, 0) is 19.2 Å². The average molecular weight is 270 g/mol.